The molecule has 3 aromatic rings. The molecule has 1 atom stereocenters. The van der Waals surface area contributed by atoms with E-state index in [0.717, 1.165) is 32.1 Å². The van der Waals surface area contributed by atoms with Crippen LogP contribution in [-0.2, 0) is 0 Å². The van der Waals surface area contributed by atoms with Gasteiger partial charge in [0.05, 0.1) is 5.92 Å². The molecule has 4 heteroatoms. The van der Waals surface area contributed by atoms with Gasteiger partial charge in [-0.3, -0.25) is 0 Å². The zero-order chi connectivity index (χ0) is 16.7. The summed E-state index contributed by atoms with van der Waals surface area (Å²) >= 11 is 3.45. The van der Waals surface area contributed by atoms with Crippen LogP contribution in [0.3, 0.4) is 0 Å². The quantitative estimate of drug-likeness (QED) is 0.662. The van der Waals surface area contributed by atoms with E-state index >= 15 is 0 Å². The van der Waals surface area contributed by atoms with Gasteiger partial charge in [0, 0.05) is 15.4 Å². The molecule has 3 nitrogen and oxygen atoms in total. The summed E-state index contributed by atoms with van der Waals surface area (Å²) in [6.45, 7) is 0. The molecule has 0 spiro atoms. The molecule has 0 fully saturated rings. The van der Waals surface area contributed by atoms with Crippen LogP contribution in [0.5, 0.6) is 5.75 Å². The number of benzene rings is 3. The van der Waals surface area contributed by atoms with Gasteiger partial charge < -0.3 is 10.5 Å². The predicted octanol–water partition coefficient (Wildman–Crippen LogP) is 4.82. The Labute approximate surface area is 148 Å². The average Bonchev–Trinajstić information content (AvgIpc) is 2.61. The van der Waals surface area contributed by atoms with E-state index in [0.29, 0.717) is 5.57 Å². The summed E-state index contributed by atoms with van der Waals surface area (Å²) in [6, 6.07) is 22.3. The van der Waals surface area contributed by atoms with Crippen LogP contribution in [0.1, 0.15) is 17.0 Å². The molecule has 1 heterocycles. The highest BCUT2D eigenvalue weighted by Gasteiger charge is 2.31. The fraction of sp³-hybridized carbons (Fsp3) is 0.0500. The van der Waals surface area contributed by atoms with Crippen molar-refractivity contribution in [1.82, 2.24) is 0 Å². The van der Waals surface area contributed by atoms with Crippen LogP contribution in [0.4, 0.5) is 0 Å². The summed E-state index contributed by atoms with van der Waals surface area (Å²) in [5.74, 6) is 0.684. The first-order valence-corrected chi connectivity index (χ1v) is 8.33. The SMILES string of the molecule is N#CC1=C(N)Oc2c(ccc3ccccc23)[C@H]1c1ccc(Br)cc1. The molecular formula is C20H13BrN2O. The van der Waals surface area contributed by atoms with E-state index in [-0.39, 0.29) is 11.8 Å². The Kier molecular flexibility index (Phi) is 3.51. The molecule has 24 heavy (non-hydrogen) atoms. The van der Waals surface area contributed by atoms with E-state index in [2.05, 4.69) is 28.1 Å². The molecule has 116 valence electrons. The first-order valence-electron chi connectivity index (χ1n) is 7.53. The van der Waals surface area contributed by atoms with Crippen molar-refractivity contribution < 1.29 is 4.74 Å². The molecule has 0 amide bonds. The van der Waals surface area contributed by atoms with Crippen molar-refractivity contribution in [3.63, 3.8) is 0 Å². The Bertz CT molecular complexity index is 1020. The third-order valence-corrected chi connectivity index (χ3v) is 4.84. The lowest BCUT2D eigenvalue weighted by Crippen LogP contribution is -2.21. The highest BCUT2D eigenvalue weighted by molar-refractivity contribution is 9.10. The van der Waals surface area contributed by atoms with Gasteiger partial charge in [-0.05, 0) is 23.1 Å². The predicted molar refractivity (Wildman–Crippen MR) is 97.4 cm³/mol. The summed E-state index contributed by atoms with van der Waals surface area (Å²) in [5.41, 5.74) is 8.49. The average molecular weight is 377 g/mol. The van der Waals surface area contributed by atoms with E-state index in [1.807, 2.05) is 54.6 Å². The molecule has 4 rings (SSSR count). The van der Waals surface area contributed by atoms with Gasteiger partial charge in [0.15, 0.2) is 0 Å². The molecule has 0 aliphatic carbocycles. The van der Waals surface area contributed by atoms with Crippen molar-refractivity contribution in [1.29, 1.82) is 5.26 Å². The fourth-order valence-corrected chi connectivity index (χ4v) is 3.45. The van der Waals surface area contributed by atoms with Crippen molar-refractivity contribution in [2.24, 2.45) is 5.73 Å². The number of nitriles is 1. The minimum absolute atomic E-state index is 0.175. The van der Waals surface area contributed by atoms with Crippen LogP contribution < -0.4 is 10.5 Å². The van der Waals surface area contributed by atoms with Crippen molar-refractivity contribution in [2.45, 2.75) is 5.92 Å². The molecular weight excluding hydrogens is 364 g/mol. The second kappa shape index (κ2) is 5.70. The molecule has 0 saturated heterocycles. The van der Waals surface area contributed by atoms with Gasteiger partial charge >= 0.3 is 0 Å². The van der Waals surface area contributed by atoms with Gasteiger partial charge in [-0.2, -0.15) is 5.26 Å². The Balaban J connectivity index is 2.00. The maximum absolute atomic E-state index is 9.61. The van der Waals surface area contributed by atoms with Crippen molar-refractivity contribution in [2.75, 3.05) is 0 Å². The monoisotopic (exact) mass is 376 g/mol. The van der Waals surface area contributed by atoms with Crippen molar-refractivity contribution in [3.05, 3.63) is 87.7 Å². The fourth-order valence-electron chi connectivity index (χ4n) is 3.18. The topological polar surface area (TPSA) is 59.0 Å². The first kappa shape index (κ1) is 14.8. The van der Waals surface area contributed by atoms with Gasteiger partial charge in [0.25, 0.3) is 0 Å². The Hall–Kier alpha value is -2.77. The minimum atomic E-state index is -0.226. The maximum atomic E-state index is 9.61. The lowest BCUT2D eigenvalue weighted by molar-refractivity contribution is 0.398. The first-order chi connectivity index (χ1) is 11.7. The second-order valence-electron chi connectivity index (χ2n) is 5.68. The van der Waals surface area contributed by atoms with Gasteiger partial charge in [-0.1, -0.05) is 64.5 Å². The maximum Gasteiger partial charge on any atom is 0.205 e. The number of ether oxygens (including phenoxy) is 1. The van der Waals surface area contributed by atoms with Gasteiger partial charge in [0.1, 0.15) is 17.4 Å². The number of hydrogen-bond acceptors (Lipinski definition) is 3. The van der Waals surface area contributed by atoms with E-state index in [9.17, 15) is 5.26 Å². The lowest BCUT2D eigenvalue weighted by Gasteiger charge is -2.27. The highest BCUT2D eigenvalue weighted by Crippen LogP contribution is 2.45. The van der Waals surface area contributed by atoms with Crippen LogP contribution in [0.2, 0.25) is 0 Å². The number of rotatable bonds is 1. The van der Waals surface area contributed by atoms with E-state index in [1.54, 1.807) is 0 Å². The lowest BCUT2D eigenvalue weighted by atomic mass is 9.82. The molecule has 0 radical (unpaired) electrons. The molecule has 0 bridgehead atoms. The summed E-state index contributed by atoms with van der Waals surface area (Å²) in [6.07, 6.45) is 0. The summed E-state index contributed by atoms with van der Waals surface area (Å²) in [7, 11) is 0. The number of hydrogen-bond donors (Lipinski definition) is 1. The van der Waals surface area contributed by atoms with Gasteiger partial charge in [-0.15, -0.1) is 0 Å². The van der Waals surface area contributed by atoms with E-state index < -0.39 is 0 Å². The zero-order valence-electron chi connectivity index (χ0n) is 12.7. The molecule has 0 unspecified atom stereocenters. The Morgan fingerprint density at radius 2 is 1.75 bits per heavy atom. The summed E-state index contributed by atoms with van der Waals surface area (Å²) in [4.78, 5) is 0. The Morgan fingerprint density at radius 3 is 2.50 bits per heavy atom. The number of nitrogens with two attached hydrogens (primary N) is 1. The molecule has 1 aliphatic rings. The van der Waals surface area contributed by atoms with Crippen LogP contribution in [-0.4, -0.2) is 0 Å². The van der Waals surface area contributed by atoms with Crippen LogP contribution in [0, 0.1) is 11.3 Å². The Morgan fingerprint density at radius 1 is 1.00 bits per heavy atom. The smallest absolute Gasteiger partial charge is 0.205 e. The largest absolute Gasteiger partial charge is 0.440 e. The number of nitrogens with zero attached hydrogens (tertiary/aromatic N) is 1. The van der Waals surface area contributed by atoms with Crippen LogP contribution >= 0.6 is 15.9 Å². The molecule has 0 aromatic heterocycles. The molecule has 0 saturated carbocycles. The summed E-state index contributed by atoms with van der Waals surface area (Å²) in [5, 5.41) is 11.7. The molecule has 3 aromatic carbocycles. The van der Waals surface area contributed by atoms with Crippen molar-refractivity contribution in [3.8, 4) is 11.8 Å². The number of fused-ring (bicyclic) bond motifs is 3. The summed E-state index contributed by atoms with van der Waals surface area (Å²) < 4.78 is 6.84. The normalized spacial score (nSPS) is 16.4. The van der Waals surface area contributed by atoms with Crippen molar-refractivity contribution >= 4 is 26.7 Å². The minimum Gasteiger partial charge on any atom is -0.440 e. The van der Waals surface area contributed by atoms with Crippen LogP contribution in [0.15, 0.2) is 76.6 Å². The third kappa shape index (κ3) is 2.26. The van der Waals surface area contributed by atoms with E-state index in [1.165, 1.54) is 0 Å². The second-order valence-corrected chi connectivity index (χ2v) is 6.60. The van der Waals surface area contributed by atoms with Gasteiger partial charge in [0.2, 0.25) is 5.88 Å². The molecule has 2 N–H and O–H groups in total. The number of halogens is 1. The zero-order valence-corrected chi connectivity index (χ0v) is 14.2. The number of allylic oxidation sites excluding steroid dienone is 1. The van der Waals surface area contributed by atoms with Crippen LogP contribution in [0.25, 0.3) is 10.8 Å². The third-order valence-electron chi connectivity index (χ3n) is 4.31. The van der Waals surface area contributed by atoms with Gasteiger partial charge in [-0.25, -0.2) is 0 Å². The van der Waals surface area contributed by atoms with E-state index in [4.69, 9.17) is 10.5 Å². The highest BCUT2D eigenvalue weighted by atomic mass is 79.9. The molecule has 1 aliphatic heterocycles. The standard InChI is InChI=1S/C20H13BrN2O/c21-14-8-5-13(6-9-14)18-16-10-7-12-3-1-2-4-15(12)19(16)24-20(23)17(18)11-22/h1-10,18H,23H2/t18-/m1/s1.